The highest BCUT2D eigenvalue weighted by molar-refractivity contribution is 7.81. The Hall–Kier alpha value is -0.180. The van der Waals surface area contributed by atoms with Gasteiger partial charge in [-0.3, -0.25) is 4.79 Å². The van der Waals surface area contributed by atoms with Crippen molar-refractivity contribution in [3.63, 3.8) is 0 Å². The van der Waals surface area contributed by atoms with Crippen LogP contribution in [0.5, 0.6) is 0 Å². The van der Waals surface area contributed by atoms with Gasteiger partial charge in [0.25, 0.3) is 0 Å². The topological polar surface area (TPSA) is 29.1 Å². The maximum atomic E-state index is 10.6. The first-order valence-corrected chi connectivity index (χ1v) is 3.74. The van der Waals surface area contributed by atoms with Crippen molar-refractivity contribution in [3.05, 3.63) is 0 Å². The molecule has 0 spiro atoms. The second kappa shape index (κ2) is 4.68. The Balaban J connectivity index is 3.34. The normalized spacial score (nSPS) is 12.8. The number of amides is 1. The first-order chi connectivity index (χ1) is 4.20. The smallest absolute Gasteiger partial charge is 0.229 e. The predicted octanol–water partition coefficient (Wildman–Crippen LogP) is 0.831. The predicted molar refractivity (Wildman–Crippen MR) is 41.7 cm³/mol. The van der Waals surface area contributed by atoms with Crippen molar-refractivity contribution in [2.75, 3.05) is 5.75 Å². The summed E-state index contributed by atoms with van der Waals surface area (Å²) in [5.41, 5.74) is 0. The van der Waals surface area contributed by atoms with Gasteiger partial charge in [-0.15, -0.1) is 0 Å². The molecule has 0 unspecified atom stereocenters. The van der Waals surface area contributed by atoms with E-state index in [1.165, 1.54) is 0 Å². The molecule has 0 aromatic carbocycles. The molecule has 9 heavy (non-hydrogen) atoms. The van der Waals surface area contributed by atoms with Gasteiger partial charge in [-0.05, 0) is 13.3 Å². The van der Waals surface area contributed by atoms with E-state index in [0.717, 1.165) is 6.42 Å². The Bertz CT molecular complexity index is 95.1. The summed E-state index contributed by atoms with van der Waals surface area (Å²) in [6.07, 6.45) is 0.972. The van der Waals surface area contributed by atoms with Crippen molar-refractivity contribution < 1.29 is 4.79 Å². The second-order valence-corrected chi connectivity index (χ2v) is 2.35. The van der Waals surface area contributed by atoms with Crippen molar-refractivity contribution in [2.24, 2.45) is 0 Å². The second-order valence-electron chi connectivity index (χ2n) is 2.03. The standard InChI is InChI=1S/C6H13NOS/c1-3-5(2)7-6(8)4-9/h5,9H,3-4H2,1-2H3,(H,7,8)/t5-/m1/s1. The minimum atomic E-state index is 0.00711. The summed E-state index contributed by atoms with van der Waals surface area (Å²) < 4.78 is 0. The molecular formula is C6H13NOS. The Labute approximate surface area is 61.4 Å². The lowest BCUT2D eigenvalue weighted by Crippen LogP contribution is -2.32. The molecule has 0 radical (unpaired) electrons. The molecule has 0 heterocycles. The molecular weight excluding hydrogens is 134 g/mol. The third-order valence-electron chi connectivity index (χ3n) is 1.16. The van der Waals surface area contributed by atoms with Gasteiger partial charge in [0.15, 0.2) is 0 Å². The Morgan fingerprint density at radius 3 is 2.67 bits per heavy atom. The summed E-state index contributed by atoms with van der Waals surface area (Å²) in [5.74, 6) is 0.289. The van der Waals surface area contributed by atoms with Crippen molar-refractivity contribution >= 4 is 18.5 Å². The molecule has 0 aromatic heterocycles. The van der Waals surface area contributed by atoms with Crippen LogP contribution in [-0.4, -0.2) is 17.7 Å². The fraction of sp³-hybridized carbons (Fsp3) is 0.833. The van der Waals surface area contributed by atoms with Gasteiger partial charge in [-0.2, -0.15) is 12.6 Å². The van der Waals surface area contributed by atoms with Crippen LogP contribution < -0.4 is 5.32 Å². The summed E-state index contributed by atoms with van der Waals surface area (Å²) in [7, 11) is 0. The van der Waals surface area contributed by atoms with Gasteiger partial charge >= 0.3 is 0 Å². The first kappa shape index (κ1) is 8.82. The molecule has 0 saturated heterocycles. The summed E-state index contributed by atoms with van der Waals surface area (Å²) in [5, 5.41) is 2.76. The fourth-order valence-corrected chi connectivity index (χ4v) is 0.514. The number of hydrogen-bond acceptors (Lipinski definition) is 2. The zero-order valence-electron chi connectivity index (χ0n) is 5.85. The molecule has 0 aliphatic rings. The van der Waals surface area contributed by atoms with Gasteiger partial charge in [0.05, 0.1) is 5.75 Å². The largest absolute Gasteiger partial charge is 0.353 e. The highest BCUT2D eigenvalue weighted by atomic mass is 32.1. The Morgan fingerprint density at radius 1 is 1.78 bits per heavy atom. The zero-order valence-corrected chi connectivity index (χ0v) is 6.74. The summed E-state index contributed by atoms with van der Waals surface area (Å²) in [6, 6.07) is 0.282. The molecule has 1 N–H and O–H groups in total. The molecule has 0 aliphatic heterocycles. The van der Waals surface area contributed by atoms with Crippen LogP contribution in [0.1, 0.15) is 20.3 Å². The van der Waals surface area contributed by atoms with Crippen LogP contribution in [0.4, 0.5) is 0 Å². The SMILES string of the molecule is CC[C@@H](C)NC(=O)CS. The molecule has 0 aromatic rings. The van der Waals surface area contributed by atoms with E-state index in [1.807, 2.05) is 13.8 Å². The van der Waals surface area contributed by atoms with Gasteiger partial charge in [-0.1, -0.05) is 6.92 Å². The van der Waals surface area contributed by atoms with Crippen LogP contribution >= 0.6 is 12.6 Å². The molecule has 0 rings (SSSR count). The third kappa shape index (κ3) is 4.33. The van der Waals surface area contributed by atoms with Crippen molar-refractivity contribution in [1.29, 1.82) is 0 Å². The summed E-state index contributed by atoms with van der Waals surface area (Å²) in [4.78, 5) is 10.6. The molecule has 1 atom stereocenters. The van der Waals surface area contributed by atoms with E-state index in [-0.39, 0.29) is 17.7 Å². The van der Waals surface area contributed by atoms with Crippen LogP contribution in [-0.2, 0) is 4.79 Å². The van der Waals surface area contributed by atoms with Crippen LogP contribution in [0.15, 0.2) is 0 Å². The molecule has 1 amide bonds. The van der Waals surface area contributed by atoms with Gasteiger partial charge in [0.2, 0.25) is 5.91 Å². The molecule has 0 aliphatic carbocycles. The number of hydrogen-bond donors (Lipinski definition) is 2. The van der Waals surface area contributed by atoms with Crippen LogP contribution in [0.25, 0.3) is 0 Å². The average molecular weight is 147 g/mol. The van der Waals surface area contributed by atoms with Gasteiger partial charge in [0, 0.05) is 6.04 Å². The number of rotatable bonds is 3. The van der Waals surface area contributed by atoms with E-state index in [1.54, 1.807) is 0 Å². The number of carbonyl (C=O) groups is 1. The summed E-state index contributed by atoms with van der Waals surface area (Å²) >= 11 is 3.82. The van der Waals surface area contributed by atoms with Crippen molar-refractivity contribution in [1.82, 2.24) is 5.32 Å². The molecule has 2 nitrogen and oxygen atoms in total. The first-order valence-electron chi connectivity index (χ1n) is 3.11. The third-order valence-corrected chi connectivity index (χ3v) is 1.45. The van der Waals surface area contributed by atoms with E-state index in [2.05, 4.69) is 17.9 Å². The quantitative estimate of drug-likeness (QED) is 0.569. The molecule has 3 heteroatoms. The maximum absolute atomic E-state index is 10.6. The minimum Gasteiger partial charge on any atom is -0.353 e. The van der Waals surface area contributed by atoms with E-state index >= 15 is 0 Å². The van der Waals surface area contributed by atoms with E-state index in [4.69, 9.17) is 0 Å². The van der Waals surface area contributed by atoms with Crippen LogP contribution in [0, 0.1) is 0 Å². The highest BCUT2D eigenvalue weighted by Crippen LogP contribution is 1.87. The lowest BCUT2D eigenvalue weighted by atomic mass is 10.3. The van der Waals surface area contributed by atoms with Gasteiger partial charge < -0.3 is 5.32 Å². The van der Waals surface area contributed by atoms with Crippen molar-refractivity contribution in [2.45, 2.75) is 26.3 Å². The monoisotopic (exact) mass is 147 g/mol. The summed E-state index contributed by atoms with van der Waals surface area (Å²) in [6.45, 7) is 4.00. The number of nitrogens with one attached hydrogen (secondary N) is 1. The molecule has 0 fully saturated rings. The Morgan fingerprint density at radius 2 is 2.33 bits per heavy atom. The van der Waals surface area contributed by atoms with E-state index < -0.39 is 0 Å². The van der Waals surface area contributed by atoms with Crippen LogP contribution in [0.2, 0.25) is 0 Å². The lowest BCUT2D eigenvalue weighted by Gasteiger charge is -2.08. The maximum Gasteiger partial charge on any atom is 0.229 e. The molecule has 0 bridgehead atoms. The van der Waals surface area contributed by atoms with E-state index in [0.29, 0.717) is 0 Å². The lowest BCUT2D eigenvalue weighted by molar-refractivity contribution is -0.119. The van der Waals surface area contributed by atoms with Crippen LogP contribution in [0.3, 0.4) is 0 Å². The van der Waals surface area contributed by atoms with Crippen molar-refractivity contribution in [3.8, 4) is 0 Å². The number of carbonyl (C=O) groups excluding carboxylic acids is 1. The molecule has 0 saturated carbocycles. The zero-order chi connectivity index (χ0) is 7.28. The Kier molecular flexibility index (Phi) is 4.58. The minimum absolute atomic E-state index is 0.00711. The number of thiol groups is 1. The highest BCUT2D eigenvalue weighted by Gasteiger charge is 2.00. The van der Waals surface area contributed by atoms with E-state index in [9.17, 15) is 4.79 Å². The fourth-order valence-electron chi connectivity index (χ4n) is 0.423. The van der Waals surface area contributed by atoms with Gasteiger partial charge in [0.1, 0.15) is 0 Å². The van der Waals surface area contributed by atoms with Gasteiger partial charge in [-0.25, -0.2) is 0 Å². The molecule has 54 valence electrons. The average Bonchev–Trinajstić information content (AvgIpc) is 1.87.